The maximum absolute atomic E-state index is 11.1. The lowest BCUT2D eigenvalue weighted by atomic mass is 10.2. The van der Waals surface area contributed by atoms with Gasteiger partial charge in [-0.1, -0.05) is 19.9 Å². The maximum Gasteiger partial charge on any atom is 0.333 e. The fourth-order valence-electron chi connectivity index (χ4n) is 0.936. The maximum atomic E-state index is 11.1. The topological polar surface area (TPSA) is 35.5 Å². The first kappa shape index (κ1) is 12.4. The number of hydrogen-bond acceptors (Lipinski definition) is 3. The van der Waals surface area contributed by atoms with E-state index in [1.165, 1.54) is 0 Å². The van der Waals surface area contributed by atoms with Crippen molar-refractivity contribution in [3.8, 4) is 0 Å². The Kier molecular flexibility index (Phi) is 6.53. The highest BCUT2D eigenvalue weighted by molar-refractivity contribution is 5.98. The van der Waals surface area contributed by atoms with Gasteiger partial charge < -0.3 is 9.16 Å². The van der Waals surface area contributed by atoms with Crippen LogP contribution in [0.2, 0.25) is 0 Å². The lowest BCUT2D eigenvalue weighted by Crippen LogP contribution is -2.23. The monoisotopic (exact) mass is 202 g/mol. The molecule has 0 fully saturated rings. The highest BCUT2D eigenvalue weighted by atomic mass is 28.2. The van der Waals surface area contributed by atoms with E-state index in [-0.39, 0.29) is 12.1 Å². The Balaban J connectivity index is 3.93. The normalized spacial score (nSPS) is 12.5. The van der Waals surface area contributed by atoms with Gasteiger partial charge in [-0.2, -0.15) is 0 Å². The second kappa shape index (κ2) is 6.86. The summed E-state index contributed by atoms with van der Waals surface area (Å²) in [5, 5.41) is 0. The molecule has 0 aromatic heterocycles. The molecular weight excluding hydrogens is 184 g/mol. The molecule has 1 atom stereocenters. The number of carbonyl (C=O) groups excluding carboxylic acids is 1. The molecule has 1 unspecified atom stereocenters. The quantitative estimate of drug-likeness (QED) is 0.359. The van der Waals surface area contributed by atoms with E-state index in [9.17, 15) is 4.79 Å². The van der Waals surface area contributed by atoms with Crippen molar-refractivity contribution in [3.05, 3.63) is 12.2 Å². The third-order valence-electron chi connectivity index (χ3n) is 1.59. The van der Waals surface area contributed by atoms with Gasteiger partial charge in [0.2, 0.25) is 0 Å². The first-order valence-electron chi connectivity index (χ1n) is 4.47. The van der Waals surface area contributed by atoms with Crippen molar-refractivity contribution in [1.29, 1.82) is 0 Å². The van der Waals surface area contributed by atoms with Crippen molar-refractivity contribution in [1.82, 2.24) is 0 Å². The summed E-state index contributed by atoms with van der Waals surface area (Å²) in [6.07, 6.45) is 1.73. The second-order valence-electron chi connectivity index (χ2n) is 3.05. The first-order valence-corrected chi connectivity index (χ1v) is 5.28. The predicted molar refractivity (Wildman–Crippen MR) is 55.5 cm³/mol. The number of esters is 1. The Morgan fingerprint density at radius 3 is 2.62 bits per heavy atom. The summed E-state index contributed by atoms with van der Waals surface area (Å²) >= 11 is 0. The summed E-state index contributed by atoms with van der Waals surface area (Å²) in [4.78, 5) is 11.1. The standard InChI is InChI=1S/C9H18O3Si/c1-4-5-8(6-11-13)12-9(10)7(2)3/h8H,2,4-6H2,1,3,13H3. The summed E-state index contributed by atoms with van der Waals surface area (Å²) in [5.41, 5.74) is 0.439. The van der Waals surface area contributed by atoms with Crippen LogP contribution in [0.25, 0.3) is 0 Å². The fourth-order valence-corrected chi connectivity index (χ4v) is 1.31. The molecule has 3 nitrogen and oxygen atoms in total. The van der Waals surface area contributed by atoms with Gasteiger partial charge in [0.1, 0.15) is 16.6 Å². The number of hydrogen-bond donors (Lipinski definition) is 0. The SMILES string of the molecule is C=C(C)C(=O)OC(CCC)CO[SiH3]. The van der Waals surface area contributed by atoms with Crippen LogP contribution in [0.5, 0.6) is 0 Å². The number of carbonyl (C=O) groups is 1. The minimum Gasteiger partial charge on any atom is -0.457 e. The van der Waals surface area contributed by atoms with Gasteiger partial charge in [-0.25, -0.2) is 4.79 Å². The average Bonchev–Trinajstić information content (AvgIpc) is 2.05. The van der Waals surface area contributed by atoms with E-state index in [1.807, 2.05) is 0 Å². The van der Waals surface area contributed by atoms with Crippen molar-refractivity contribution >= 4 is 16.5 Å². The number of ether oxygens (including phenoxy) is 1. The van der Waals surface area contributed by atoms with E-state index in [2.05, 4.69) is 13.5 Å². The molecule has 0 spiro atoms. The van der Waals surface area contributed by atoms with Crippen molar-refractivity contribution in [3.63, 3.8) is 0 Å². The molecule has 0 saturated carbocycles. The minimum atomic E-state index is -0.322. The Labute approximate surface area is 82.7 Å². The zero-order valence-corrected chi connectivity index (χ0v) is 10.6. The van der Waals surface area contributed by atoms with Crippen molar-refractivity contribution in [2.45, 2.75) is 32.8 Å². The van der Waals surface area contributed by atoms with Crippen LogP contribution < -0.4 is 0 Å². The van der Waals surface area contributed by atoms with Crippen LogP contribution in [-0.2, 0) is 14.0 Å². The van der Waals surface area contributed by atoms with E-state index in [0.717, 1.165) is 12.8 Å². The molecule has 0 saturated heterocycles. The molecule has 0 heterocycles. The largest absolute Gasteiger partial charge is 0.457 e. The molecule has 0 aliphatic heterocycles. The van der Waals surface area contributed by atoms with Crippen LogP contribution in [0.4, 0.5) is 0 Å². The second-order valence-corrected chi connectivity index (χ2v) is 3.63. The molecule has 0 aliphatic rings. The molecule has 0 bridgehead atoms. The van der Waals surface area contributed by atoms with Gasteiger partial charge >= 0.3 is 5.97 Å². The number of rotatable bonds is 6. The van der Waals surface area contributed by atoms with Gasteiger partial charge in [0.05, 0.1) is 6.61 Å². The van der Waals surface area contributed by atoms with Crippen LogP contribution in [0.15, 0.2) is 12.2 Å². The summed E-state index contributed by atoms with van der Waals surface area (Å²) in [7, 11) is 0.677. The van der Waals surface area contributed by atoms with Crippen LogP contribution in [0, 0.1) is 0 Å². The van der Waals surface area contributed by atoms with E-state index in [1.54, 1.807) is 6.92 Å². The summed E-state index contributed by atoms with van der Waals surface area (Å²) in [6, 6.07) is 0. The first-order chi connectivity index (χ1) is 6.11. The lowest BCUT2D eigenvalue weighted by molar-refractivity contribution is -0.146. The lowest BCUT2D eigenvalue weighted by Gasteiger charge is -2.16. The highest BCUT2D eigenvalue weighted by Gasteiger charge is 2.13. The molecule has 4 heteroatoms. The predicted octanol–water partition coefficient (Wildman–Crippen LogP) is 0.571. The zero-order valence-electron chi connectivity index (χ0n) is 8.63. The van der Waals surface area contributed by atoms with Crippen molar-refractivity contribution < 1.29 is 14.0 Å². The molecule has 0 N–H and O–H groups in total. The zero-order chi connectivity index (χ0) is 10.3. The van der Waals surface area contributed by atoms with E-state index in [0.29, 0.717) is 22.7 Å². The third kappa shape index (κ3) is 5.60. The molecule has 76 valence electrons. The van der Waals surface area contributed by atoms with Gasteiger partial charge in [0.15, 0.2) is 0 Å². The minimum absolute atomic E-state index is 0.105. The van der Waals surface area contributed by atoms with Crippen molar-refractivity contribution in [2.75, 3.05) is 6.61 Å². The van der Waals surface area contributed by atoms with Crippen LogP contribution in [-0.4, -0.2) is 29.2 Å². The average molecular weight is 202 g/mol. The molecule has 0 radical (unpaired) electrons. The van der Waals surface area contributed by atoms with Gasteiger partial charge in [0.25, 0.3) is 0 Å². The third-order valence-corrected chi connectivity index (χ3v) is 1.92. The van der Waals surface area contributed by atoms with E-state index >= 15 is 0 Å². The van der Waals surface area contributed by atoms with Crippen LogP contribution >= 0.6 is 0 Å². The fraction of sp³-hybridized carbons (Fsp3) is 0.667. The molecule has 0 aliphatic carbocycles. The molecule has 0 aromatic rings. The van der Waals surface area contributed by atoms with Gasteiger partial charge in [-0.15, -0.1) is 0 Å². The Morgan fingerprint density at radius 1 is 1.62 bits per heavy atom. The smallest absolute Gasteiger partial charge is 0.333 e. The summed E-state index contributed by atoms with van der Waals surface area (Å²) < 4.78 is 10.2. The van der Waals surface area contributed by atoms with Crippen LogP contribution in [0.3, 0.4) is 0 Å². The summed E-state index contributed by atoms with van der Waals surface area (Å²) in [6.45, 7) is 7.73. The van der Waals surface area contributed by atoms with E-state index < -0.39 is 0 Å². The molecule has 0 aromatic carbocycles. The van der Waals surface area contributed by atoms with Gasteiger partial charge in [-0.05, 0) is 13.3 Å². The Hall–Kier alpha value is -0.613. The Morgan fingerprint density at radius 2 is 2.23 bits per heavy atom. The van der Waals surface area contributed by atoms with E-state index in [4.69, 9.17) is 9.16 Å². The summed E-state index contributed by atoms with van der Waals surface area (Å²) in [5.74, 6) is -0.322. The van der Waals surface area contributed by atoms with Crippen molar-refractivity contribution in [2.24, 2.45) is 0 Å². The Bertz CT molecular complexity index is 174. The van der Waals surface area contributed by atoms with Crippen LogP contribution in [0.1, 0.15) is 26.7 Å². The van der Waals surface area contributed by atoms with Gasteiger partial charge in [-0.3, -0.25) is 0 Å². The molecule has 0 rings (SSSR count). The van der Waals surface area contributed by atoms with Gasteiger partial charge in [0, 0.05) is 5.57 Å². The highest BCUT2D eigenvalue weighted by Crippen LogP contribution is 2.05. The molecular formula is C9H18O3Si. The molecule has 0 amide bonds. The molecule has 13 heavy (non-hydrogen) atoms.